The van der Waals surface area contributed by atoms with Crippen LogP contribution in [-0.2, 0) is 9.63 Å². The van der Waals surface area contributed by atoms with Crippen LogP contribution in [-0.4, -0.2) is 23.6 Å². The van der Waals surface area contributed by atoms with Gasteiger partial charge < -0.3 is 4.84 Å². The van der Waals surface area contributed by atoms with E-state index in [1.54, 1.807) is 0 Å². The molecule has 0 aromatic carbocycles. The first kappa shape index (κ1) is 7.10. The molecular formula is C8H13NO2. The molecule has 0 bridgehead atoms. The molecule has 0 spiro atoms. The number of rotatable bonds is 1. The van der Waals surface area contributed by atoms with E-state index in [1.165, 1.54) is 25.7 Å². The number of carbonyl (C=O) groups is 1. The molecule has 2 aliphatic rings. The highest BCUT2D eigenvalue weighted by Gasteiger charge is 2.30. The summed E-state index contributed by atoms with van der Waals surface area (Å²) in [5.41, 5.74) is 0. The second-order valence-electron chi connectivity index (χ2n) is 3.29. The van der Waals surface area contributed by atoms with Crippen molar-refractivity contribution in [2.45, 2.75) is 38.1 Å². The van der Waals surface area contributed by atoms with Crippen LogP contribution in [0.3, 0.4) is 0 Å². The second kappa shape index (κ2) is 2.81. The van der Waals surface area contributed by atoms with Crippen molar-refractivity contribution in [3.05, 3.63) is 0 Å². The first-order valence-electron chi connectivity index (χ1n) is 4.34. The molecular weight excluding hydrogens is 142 g/mol. The quantitative estimate of drug-likeness (QED) is 0.567. The topological polar surface area (TPSA) is 29.5 Å². The SMILES string of the molecule is O=C1CCN(C2CCCC2)O1. The first-order chi connectivity index (χ1) is 5.36. The summed E-state index contributed by atoms with van der Waals surface area (Å²) in [4.78, 5) is 15.8. The number of nitrogens with zero attached hydrogens (tertiary/aromatic N) is 1. The summed E-state index contributed by atoms with van der Waals surface area (Å²) in [6, 6.07) is 0.529. The van der Waals surface area contributed by atoms with Crippen LogP contribution in [0.15, 0.2) is 0 Å². The summed E-state index contributed by atoms with van der Waals surface area (Å²) < 4.78 is 0. The van der Waals surface area contributed by atoms with Gasteiger partial charge in [0.2, 0.25) is 0 Å². The average Bonchev–Trinajstić information content (AvgIpc) is 2.55. The molecule has 3 nitrogen and oxygen atoms in total. The Hall–Kier alpha value is -0.570. The Kier molecular flexibility index (Phi) is 1.82. The van der Waals surface area contributed by atoms with Gasteiger partial charge in [-0.05, 0) is 12.8 Å². The summed E-state index contributed by atoms with van der Waals surface area (Å²) in [5.74, 6) is -0.0584. The molecule has 1 aliphatic heterocycles. The van der Waals surface area contributed by atoms with Crippen LogP contribution in [0.25, 0.3) is 0 Å². The molecule has 0 amide bonds. The maximum atomic E-state index is 10.7. The molecule has 2 rings (SSSR count). The average molecular weight is 155 g/mol. The van der Waals surface area contributed by atoms with E-state index in [9.17, 15) is 4.79 Å². The first-order valence-corrected chi connectivity index (χ1v) is 4.34. The fourth-order valence-electron chi connectivity index (χ4n) is 1.87. The lowest BCUT2D eigenvalue weighted by Gasteiger charge is -2.19. The Bertz CT molecular complexity index is 163. The maximum Gasteiger partial charge on any atom is 0.326 e. The van der Waals surface area contributed by atoms with Crippen molar-refractivity contribution in [1.29, 1.82) is 0 Å². The minimum absolute atomic E-state index is 0.0584. The molecule has 0 radical (unpaired) electrons. The Labute approximate surface area is 66.3 Å². The van der Waals surface area contributed by atoms with E-state index in [-0.39, 0.29) is 5.97 Å². The fraction of sp³-hybridized carbons (Fsp3) is 0.875. The Morgan fingerprint density at radius 2 is 2.09 bits per heavy atom. The van der Waals surface area contributed by atoms with Crippen LogP contribution in [0, 0.1) is 0 Å². The highest BCUT2D eigenvalue weighted by Crippen LogP contribution is 2.25. The van der Waals surface area contributed by atoms with E-state index in [0.717, 1.165) is 6.54 Å². The van der Waals surface area contributed by atoms with Gasteiger partial charge in [-0.25, -0.2) is 0 Å². The summed E-state index contributed by atoms with van der Waals surface area (Å²) in [5, 5.41) is 1.87. The van der Waals surface area contributed by atoms with Crippen molar-refractivity contribution in [3.8, 4) is 0 Å². The zero-order valence-electron chi connectivity index (χ0n) is 6.58. The molecule has 0 N–H and O–H groups in total. The molecule has 0 unspecified atom stereocenters. The van der Waals surface area contributed by atoms with Crippen molar-refractivity contribution < 1.29 is 9.63 Å². The van der Waals surface area contributed by atoms with Crippen LogP contribution >= 0.6 is 0 Å². The van der Waals surface area contributed by atoms with Gasteiger partial charge >= 0.3 is 5.97 Å². The molecule has 0 aromatic rings. The Morgan fingerprint density at radius 1 is 1.36 bits per heavy atom. The van der Waals surface area contributed by atoms with E-state index in [0.29, 0.717) is 12.5 Å². The van der Waals surface area contributed by atoms with Gasteiger partial charge in [-0.15, -0.1) is 5.06 Å². The molecule has 1 saturated carbocycles. The second-order valence-corrected chi connectivity index (χ2v) is 3.29. The lowest BCUT2D eigenvalue weighted by molar-refractivity contribution is -0.178. The van der Waals surface area contributed by atoms with Gasteiger partial charge in [-0.1, -0.05) is 12.8 Å². The predicted molar refractivity (Wildman–Crippen MR) is 39.7 cm³/mol. The van der Waals surface area contributed by atoms with Crippen LogP contribution in [0.4, 0.5) is 0 Å². The smallest absolute Gasteiger partial charge is 0.326 e. The van der Waals surface area contributed by atoms with Crippen molar-refractivity contribution >= 4 is 5.97 Å². The van der Waals surface area contributed by atoms with E-state index < -0.39 is 0 Å². The van der Waals surface area contributed by atoms with Crippen molar-refractivity contribution in [2.24, 2.45) is 0 Å². The van der Waals surface area contributed by atoms with Crippen LogP contribution in [0.2, 0.25) is 0 Å². The lowest BCUT2D eigenvalue weighted by atomic mass is 10.2. The summed E-state index contributed by atoms with van der Waals surface area (Å²) in [6.07, 6.45) is 5.56. The molecule has 1 heterocycles. The highest BCUT2D eigenvalue weighted by molar-refractivity contribution is 5.70. The third-order valence-corrected chi connectivity index (χ3v) is 2.49. The van der Waals surface area contributed by atoms with Crippen LogP contribution < -0.4 is 0 Å². The van der Waals surface area contributed by atoms with E-state index in [2.05, 4.69) is 0 Å². The van der Waals surface area contributed by atoms with Gasteiger partial charge in [-0.2, -0.15) is 0 Å². The van der Waals surface area contributed by atoms with Crippen molar-refractivity contribution in [2.75, 3.05) is 6.54 Å². The molecule has 1 aliphatic carbocycles. The molecule has 62 valence electrons. The largest absolute Gasteiger partial charge is 0.368 e. The summed E-state index contributed by atoms with van der Waals surface area (Å²) in [6.45, 7) is 0.809. The molecule has 11 heavy (non-hydrogen) atoms. The highest BCUT2D eigenvalue weighted by atomic mass is 16.7. The lowest BCUT2D eigenvalue weighted by Crippen LogP contribution is -2.29. The Balaban J connectivity index is 1.90. The van der Waals surface area contributed by atoms with Gasteiger partial charge in [0.1, 0.15) is 0 Å². The number of hydroxylamine groups is 2. The minimum atomic E-state index is -0.0584. The van der Waals surface area contributed by atoms with Crippen molar-refractivity contribution in [1.82, 2.24) is 5.06 Å². The molecule has 3 heteroatoms. The van der Waals surface area contributed by atoms with E-state index in [4.69, 9.17) is 4.84 Å². The summed E-state index contributed by atoms with van der Waals surface area (Å²) in [7, 11) is 0. The molecule has 1 saturated heterocycles. The Morgan fingerprint density at radius 3 is 2.64 bits per heavy atom. The monoisotopic (exact) mass is 155 g/mol. The standard InChI is InChI=1S/C8H13NO2/c10-8-5-6-9(11-8)7-3-1-2-4-7/h7H,1-6H2. The van der Waals surface area contributed by atoms with Crippen molar-refractivity contribution in [3.63, 3.8) is 0 Å². The fourth-order valence-corrected chi connectivity index (χ4v) is 1.87. The van der Waals surface area contributed by atoms with Gasteiger partial charge in [-0.3, -0.25) is 4.79 Å². The van der Waals surface area contributed by atoms with Crippen LogP contribution in [0.5, 0.6) is 0 Å². The molecule has 0 aromatic heterocycles. The maximum absolute atomic E-state index is 10.7. The van der Waals surface area contributed by atoms with Crippen LogP contribution in [0.1, 0.15) is 32.1 Å². The zero-order chi connectivity index (χ0) is 7.68. The number of carbonyl (C=O) groups excluding carboxylic acids is 1. The van der Waals surface area contributed by atoms with E-state index in [1.807, 2.05) is 5.06 Å². The third kappa shape index (κ3) is 1.38. The minimum Gasteiger partial charge on any atom is -0.368 e. The normalized spacial score (nSPS) is 27.8. The number of hydrogen-bond acceptors (Lipinski definition) is 3. The van der Waals surface area contributed by atoms with E-state index >= 15 is 0 Å². The predicted octanol–water partition coefficient (Wildman–Crippen LogP) is 1.09. The van der Waals surface area contributed by atoms with Gasteiger partial charge in [0.15, 0.2) is 0 Å². The third-order valence-electron chi connectivity index (χ3n) is 2.49. The summed E-state index contributed by atoms with van der Waals surface area (Å²) >= 11 is 0. The molecule has 2 fully saturated rings. The number of hydrogen-bond donors (Lipinski definition) is 0. The zero-order valence-corrected chi connectivity index (χ0v) is 6.58. The van der Waals surface area contributed by atoms with Gasteiger partial charge in [0, 0.05) is 12.6 Å². The molecule has 0 atom stereocenters. The van der Waals surface area contributed by atoms with Gasteiger partial charge in [0.05, 0.1) is 6.42 Å². The van der Waals surface area contributed by atoms with Gasteiger partial charge in [0.25, 0.3) is 0 Å².